The van der Waals surface area contributed by atoms with Gasteiger partial charge >= 0.3 is 0 Å². The predicted octanol–water partition coefficient (Wildman–Crippen LogP) is 9.09. The molecule has 0 fully saturated rings. The second-order valence-electron chi connectivity index (χ2n) is 7.05. The Hall–Kier alpha value is -1.69. The van der Waals surface area contributed by atoms with Crippen LogP contribution < -0.4 is 0 Å². The summed E-state index contributed by atoms with van der Waals surface area (Å²) in [6.07, 6.45) is 0. The van der Waals surface area contributed by atoms with Crippen LogP contribution in [0.5, 0.6) is 0 Å². The average molecular weight is 527 g/mol. The Balaban J connectivity index is 1.75. The molecular formula is C26H23IS2. The molecular weight excluding hydrogens is 503 g/mol. The third-order valence-corrected chi connectivity index (χ3v) is 13.2. The Morgan fingerprint density at radius 3 is 1.34 bits per heavy atom. The van der Waals surface area contributed by atoms with E-state index in [0.717, 1.165) is 0 Å². The van der Waals surface area contributed by atoms with Gasteiger partial charge in [0.2, 0.25) is 0 Å². The van der Waals surface area contributed by atoms with Gasteiger partial charge in [0.1, 0.15) is 0 Å². The van der Waals surface area contributed by atoms with Crippen LogP contribution in [0.1, 0.15) is 11.1 Å². The Morgan fingerprint density at radius 2 is 0.897 bits per heavy atom. The lowest BCUT2D eigenvalue weighted by atomic mass is 10.2. The van der Waals surface area contributed by atoms with Crippen molar-refractivity contribution < 1.29 is 0 Å². The normalized spacial score (nSPS) is 12.0. The molecule has 0 aliphatic rings. The van der Waals surface area contributed by atoms with Crippen LogP contribution in [-0.4, -0.2) is 0 Å². The van der Waals surface area contributed by atoms with Crippen molar-refractivity contribution in [2.75, 3.05) is 0 Å². The van der Waals surface area contributed by atoms with Crippen LogP contribution >= 0.6 is 40.2 Å². The van der Waals surface area contributed by atoms with E-state index >= 15 is 0 Å². The molecule has 0 nitrogen and oxygen atoms in total. The number of hydrogen-bond donors (Lipinski definition) is 0. The molecule has 3 heteroatoms. The van der Waals surface area contributed by atoms with Crippen LogP contribution in [0, 0.1) is 13.8 Å². The number of aryl methyl sites for hydroxylation is 2. The standard InChI is InChI=1S/C26H23IS2/c1-20-8-14-24(15-9-20)29(27,25-16-10-21(2)11-17-25)26-18-12-23(13-19-26)28-22-6-4-3-5-7-22/h3-19H,1-2H3. The van der Waals surface area contributed by atoms with E-state index in [1.165, 1.54) is 35.6 Å². The van der Waals surface area contributed by atoms with Gasteiger partial charge in [-0.25, -0.2) is 0 Å². The Kier molecular flexibility index (Phi) is 6.38. The summed E-state index contributed by atoms with van der Waals surface area (Å²) in [6.45, 7) is 4.30. The molecule has 0 spiro atoms. The predicted molar refractivity (Wildman–Crippen MR) is 136 cm³/mol. The van der Waals surface area contributed by atoms with E-state index < -0.39 is 7.20 Å². The fraction of sp³-hybridized carbons (Fsp3) is 0.0769. The molecule has 0 aliphatic heterocycles. The minimum atomic E-state index is -1.34. The molecule has 0 atom stereocenters. The van der Waals surface area contributed by atoms with Crippen LogP contribution in [0.25, 0.3) is 0 Å². The van der Waals surface area contributed by atoms with E-state index in [4.69, 9.17) is 0 Å². The topological polar surface area (TPSA) is 0 Å². The highest BCUT2D eigenvalue weighted by atomic mass is 127. The third kappa shape index (κ3) is 4.57. The molecule has 0 bridgehead atoms. The molecule has 0 radical (unpaired) electrons. The highest BCUT2D eigenvalue weighted by Gasteiger charge is 2.28. The quantitative estimate of drug-likeness (QED) is 0.234. The maximum atomic E-state index is 2.71. The van der Waals surface area contributed by atoms with Gasteiger partial charge in [0, 0.05) is 24.5 Å². The third-order valence-electron chi connectivity index (χ3n) is 4.82. The molecule has 0 heterocycles. The van der Waals surface area contributed by atoms with Gasteiger partial charge in [-0.15, -0.1) is 7.20 Å². The number of benzene rings is 4. The SMILES string of the molecule is Cc1ccc(S(I)(c2ccc(C)cc2)c2ccc(Sc3ccccc3)cc2)cc1. The molecule has 0 aromatic heterocycles. The molecule has 0 N–H and O–H groups in total. The molecule has 0 saturated heterocycles. The number of rotatable bonds is 5. The second kappa shape index (κ2) is 8.99. The second-order valence-corrected chi connectivity index (χ2v) is 14.7. The van der Waals surface area contributed by atoms with Crippen molar-refractivity contribution in [2.24, 2.45) is 0 Å². The van der Waals surface area contributed by atoms with Crippen molar-refractivity contribution in [3.05, 3.63) is 114 Å². The van der Waals surface area contributed by atoms with Crippen molar-refractivity contribution in [1.29, 1.82) is 0 Å². The highest BCUT2D eigenvalue weighted by molar-refractivity contribution is 14.2. The van der Waals surface area contributed by atoms with E-state index in [-0.39, 0.29) is 0 Å². The molecule has 4 aromatic carbocycles. The summed E-state index contributed by atoms with van der Waals surface area (Å²) in [5.41, 5.74) is 2.59. The minimum absolute atomic E-state index is 1.27. The monoisotopic (exact) mass is 526 g/mol. The maximum absolute atomic E-state index is 2.71. The highest BCUT2D eigenvalue weighted by Crippen LogP contribution is 2.74. The lowest BCUT2D eigenvalue weighted by Gasteiger charge is -2.35. The minimum Gasteiger partial charge on any atom is -0.105 e. The zero-order chi connectivity index (χ0) is 20.3. The zero-order valence-corrected chi connectivity index (χ0v) is 20.3. The van der Waals surface area contributed by atoms with Crippen LogP contribution in [0.2, 0.25) is 0 Å². The largest absolute Gasteiger partial charge is 0.105 e. The molecule has 146 valence electrons. The average Bonchev–Trinajstić information content (AvgIpc) is 2.75. The summed E-state index contributed by atoms with van der Waals surface area (Å²) in [4.78, 5) is 6.69. The zero-order valence-electron chi connectivity index (χ0n) is 16.5. The van der Waals surface area contributed by atoms with Crippen LogP contribution in [0.15, 0.2) is 128 Å². The first-order chi connectivity index (χ1) is 14.1. The van der Waals surface area contributed by atoms with Crippen LogP contribution in [0.4, 0.5) is 0 Å². The van der Waals surface area contributed by atoms with Crippen molar-refractivity contribution in [3.8, 4) is 0 Å². The van der Waals surface area contributed by atoms with E-state index in [0.29, 0.717) is 0 Å². The Bertz CT molecular complexity index is 1020. The van der Waals surface area contributed by atoms with Crippen molar-refractivity contribution >= 4 is 40.2 Å². The number of hydrogen-bond acceptors (Lipinski definition) is 1. The van der Waals surface area contributed by atoms with Crippen molar-refractivity contribution in [1.82, 2.24) is 0 Å². The molecule has 0 amide bonds. The molecule has 0 aliphatic carbocycles. The Labute approximate surface area is 191 Å². The summed E-state index contributed by atoms with van der Waals surface area (Å²) in [5, 5.41) is 0. The smallest absolute Gasteiger partial charge is 0.0123 e. The van der Waals surface area contributed by atoms with E-state index in [9.17, 15) is 0 Å². The van der Waals surface area contributed by atoms with Gasteiger partial charge < -0.3 is 0 Å². The van der Waals surface area contributed by atoms with Crippen LogP contribution in [-0.2, 0) is 0 Å². The van der Waals surface area contributed by atoms with Gasteiger partial charge in [0.25, 0.3) is 0 Å². The van der Waals surface area contributed by atoms with E-state index in [1.807, 2.05) is 11.8 Å². The fourth-order valence-corrected chi connectivity index (χ4v) is 9.01. The van der Waals surface area contributed by atoms with Crippen LogP contribution in [0.3, 0.4) is 0 Å². The first-order valence-electron chi connectivity index (χ1n) is 9.55. The lowest BCUT2D eigenvalue weighted by molar-refractivity contribution is 1.27. The fourth-order valence-electron chi connectivity index (χ4n) is 3.18. The maximum Gasteiger partial charge on any atom is 0.0123 e. The first kappa shape index (κ1) is 20.6. The van der Waals surface area contributed by atoms with Gasteiger partial charge in [0.05, 0.1) is 0 Å². The van der Waals surface area contributed by atoms with Gasteiger partial charge in [-0.05, 0) is 95.7 Å². The summed E-state index contributed by atoms with van der Waals surface area (Å²) in [6, 6.07) is 37.8. The van der Waals surface area contributed by atoms with Gasteiger partial charge in [-0.2, -0.15) is 0 Å². The molecule has 4 rings (SSSR count). The van der Waals surface area contributed by atoms with Gasteiger partial charge in [0.15, 0.2) is 0 Å². The van der Waals surface area contributed by atoms with Crippen molar-refractivity contribution in [2.45, 2.75) is 38.3 Å². The summed E-state index contributed by atoms with van der Waals surface area (Å²) >= 11 is 4.52. The first-order valence-corrected chi connectivity index (χ1v) is 14.5. The molecule has 0 unspecified atom stereocenters. The van der Waals surface area contributed by atoms with E-state index in [2.05, 4.69) is 138 Å². The van der Waals surface area contributed by atoms with E-state index in [1.54, 1.807) is 0 Å². The number of halogens is 1. The summed E-state index contributed by atoms with van der Waals surface area (Å²) in [5.74, 6) is 0. The molecule has 29 heavy (non-hydrogen) atoms. The Morgan fingerprint density at radius 1 is 0.517 bits per heavy atom. The molecule has 0 saturated carbocycles. The van der Waals surface area contributed by atoms with Gasteiger partial charge in [-0.1, -0.05) is 65.4 Å². The summed E-state index contributed by atoms with van der Waals surface area (Å²) in [7, 11) is -1.34. The van der Waals surface area contributed by atoms with Gasteiger partial charge in [-0.3, -0.25) is 0 Å². The summed E-state index contributed by atoms with van der Waals surface area (Å²) < 4.78 is 0. The lowest BCUT2D eigenvalue weighted by Crippen LogP contribution is -1.96. The van der Waals surface area contributed by atoms with Crippen molar-refractivity contribution in [3.63, 3.8) is 0 Å². The molecule has 4 aromatic rings.